The summed E-state index contributed by atoms with van der Waals surface area (Å²) in [5.74, 6) is 0. The number of benzene rings is 1. The van der Waals surface area contributed by atoms with Gasteiger partial charge in [-0.15, -0.1) is 0 Å². The van der Waals surface area contributed by atoms with E-state index in [2.05, 4.69) is 30.0 Å². The number of hydrogen-bond acceptors (Lipinski definition) is 4. The highest BCUT2D eigenvalue weighted by atomic mass is 16.3. The SMILES string of the molecule is Cc1cccc2c1[C@H](N1CCC(CO)=C[C@H]1/C=C/CO)[C@H](O)C2. The third kappa shape index (κ3) is 3.12. The Balaban J connectivity index is 1.97. The number of fused-ring (bicyclic) bond motifs is 1. The lowest BCUT2D eigenvalue weighted by Gasteiger charge is -2.39. The van der Waals surface area contributed by atoms with Gasteiger partial charge in [0.15, 0.2) is 0 Å². The minimum absolute atomic E-state index is 0.00449. The molecule has 0 radical (unpaired) electrons. The fraction of sp³-hybridized carbons (Fsp3) is 0.474. The molecule has 1 aromatic carbocycles. The van der Waals surface area contributed by atoms with Crippen LogP contribution in [0.3, 0.4) is 0 Å². The maximum atomic E-state index is 10.7. The van der Waals surface area contributed by atoms with E-state index in [1.807, 2.05) is 12.1 Å². The zero-order valence-electron chi connectivity index (χ0n) is 13.5. The van der Waals surface area contributed by atoms with Crippen molar-refractivity contribution < 1.29 is 15.3 Å². The number of aryl methyl sites for hydroxylation is 1. The zero-order chi connectivity index (χ0) is 16.4. The quantitative estimate of drug-likeness (QED) is 0.737. The second-order valence-corrected chi connectivity index (χ2v) is 6.44. The van der Waals surface area contributed by atoms with Gasteiger partial charge in [-0.3, -0.25) is 4.90 Å². The van der Waals surface area contributed by atoms with Crippen LogP contribution in [0.25, 0.3) is 0 Å². The molecular formula is C19H25NO3. The monoisotopic (exact) mass is 315 g/mol. The van der Waals surface area contributed by atoms with Gasteiger partial charge in [-0.1, -0.05) is 36.4 Å². The molecule has 3 N–H and O–H groups in total. The van der Waals surface area contributed by atoms with Crippen molar-refractivity contribution in [2.45, 2.75) is 38.0 Å². The molecule has 0 fully saturated rings. The van der Waals surface area contributed by atoms with E-state index in [0.29, 0.717) is 6.42 Å². The molecule has 1 aromatic rings. The van der Waals surface area contributed by atoms with E-state index >= 15 is 0 Å². The number of hydrogen-bond donors (Lipinski definition) is 3. The van der Waals surface area contributed by atoms with Crippen LogP contribution in [0.2, 0.25) is 0 Å². The van der Waals surface area contributed by atoms with E-state index < -0.39 is 6.10 Å². The highest BCUT2D eigenvalue weighted by Gasteiger charge is 2.39. The number of aliphatic hydroxyl groups excluding tert-OH is 3. The predicted octanol–water partition coefficient (Wildman–Crippen LogP) is 1.49. The molecule has 0 saturated carbocycles. The lowest BCUT2D eigenvalue weighted by Crippen LogP contribution is -2.43. The normalized spacial score (nSPS) is 28.2. The predicted molar refractivity (Wildman–Crippen MR) is 90.1 cm³/mol. The van der Waals surface area contributed by atoms with E-state index in [-0.39, 0.29) is 25.3 Å². The molecule has 0 bridgehead atoms. The lowest BCUT2D eigenvalue weighted by atomic mass is 9.95. The van der Waals surface area contributed by atoms with Crippen LogP contribution < -0.4 is 0 Å². The molecule has 4 nitrogen and oxygen atoms in total. The van der Waals surface area contributed by atoms with E-state index in [9.17, 15) is 10.2 Å². The summed E-state index contributed by atoms with van der Waals surface area (Å²) in [5, 5.41) is 29.2. The zero-order valence-corrected chi connectivity index (χ0v) is 13.5. The maximum Gasteiger partial charge on any atom is 0.0777 e. The molecule has 3 atom stereocenters. The molecule has 0 saturated heterocycles. The van der Waals surface area contributed by atoms with Crippen molar-refractivity contribution in [1.82, 2.24) is 4.90 Å². The first kappa shape index (κ1) is 16.4. The summed E-state index contributed by atoms with van der Waals surface area (Å²) < 4.78 is 0. The Hall–Kier alpha value is -1.46. The van der Waals surface area contributed by atoms with E-state index in [4.69, 9.17) is 5.11 Å². The number of aliphatic hydroxyl groups is 3. The molecule has 23 heavy (non-hydrogen) atoms. The van der Waals surface area contributed by atoms with Crippen LogP contribution in [-0.2, 0) is 6.42 Å². The summed E-state index contributed by atoms with van der Waals surface area (Å²) >= 11 is 0. The first-order valence-electron chi connectivity index (χ1n) is 8.26. The van der Waals surface area contributed by atoms with Crippen LogP contribution in [0.4, 0.5) is 0 Å². The van der Waals surface area contributed by atoms with Gasteiger partial charge < -0.3 is 15.3 Å². The molecule has 1 aliphatic heterocycles. The second kappa shape index (κ2) is 6.97. The topological polar surface area (TPSA) is 63.9 Å². The molecule has 0 aromatic heterocycles. The Morgan fingerprint density at radius 3 is 2.87 bits per heavy atom. The van der Waals surface area contributed by atoms with Gasteiger partial charge in [0.1, 0.15) is 0 Å². The maximum absolute atomic E-state index is 10.7. The van der Waals surface area contributed by atoms with Crippen molar-refractivity contribution in [3.63, 3.8) is 0 Å². The van der Waals surface area contributed by atoms with Gasteiger partial charge >= 0.3 is 0 Å². The van der Waals surface area contributed by atoms with Gasteiger partial charge in [0.05, 0.1) is 25.4 Å². The Kier molecular flexibility index (Phi) is 4.97. The molecular weight excluding hydrogens is 290 g/mol. The van der Waals surface area contributed by atoms with Gasteiger partial charge in [0.2, 0.25) is 0 Å². The Bertz CT molecular complexity index is 623. The van der Waals surface area contributed by atoms with Crippen LogP contribution in [0.1, 0.15) is 29.2 Å². The van der Waals surface area contributed by atoms with Crippen LogP contribution in [-0.4, -0.2) is 52.1 Å². The molecule has 0 amide bonds. The van der Waals surface area contributed by atoms with E-state index in [1.165, 1.54) is 16.7 Å². The van der Waals surface area contributed by atoms with E-state index in [1.54, 1.807) is 6.08 Å². The highest BCUT2D eigenvalue weighted by Crippen LogP contribution is 2.40. The van der Waals surface area contributed by atoms with Crippen molar-refractivity contribution in [1.29, 1.82) is 0 Å². The smallest absolute Gasteiger partial charge is 0.0777 e. The van der Waals surface area contributed by atoms with Crippen molar-refractivity contribution in [2.24, 2.45) is 0 Å². The Morgan fingerprint density at radius 2 is 2.13 bits per heavy atom. The first-order chi connectivity index (χ1) is 11.2. The van der Waals surface area contributed by atoms with Gasteiger partial charge in [0.25, 0.3) is 0 Å². The molecule has 1 aliphatic carbocycles. The summed E-state index contributed by atoms with van der Waals surface area (Å²) in [6.07, 6.45) is 6.82. The summed E-state index contributed by atoms with van der Waals surface area (Å²) in [5.41, 5.74) is 4.70. The highest BCUT2D eigenvalue weighted by molar-refractivity contribution is 5.43. The van der Waals surface area contributed by atoms with Crippen molar-refractivity contribution in [3.05, 3.63) is 58.7 Å². The molecule has 3 rings (SSSR count). The minimum Gasteiger partial charge on any atom is -0.392 e. The standard InChI is InChI=1S/C19H25NO3/c1-13-4-2-5-15-11-17(23)19(18(13)15)20-8-7-14(12-22)10-16(20)6-3-9-21/h2-6,10,16-17,19,21-23H,7-9,11-12H2,1H3/b6-3+/t16-,17-,19-/m1/s1. The van der Waals surface area contributed by atoms with Crippen molar-refractivity contribution in [3.8, 4) is 0 Å². The first-order valence-corrected chi connectivity index (χ1v) is 8.26. The fourth-order valence-corrected chi connectivity index (χ4v) is 3.92. The van der Waals surface area contributed by atoms with Gasteiger partial charge in [-0.25, -0.2) is 0 Å². The molecule has 0 unspecified atom stereocenters. The van der Waals surface area contributed by atoms with E-state index in [0.717, 1.165) is 18.5 Å². The summed E-state index contributed by atoms with van der Waals surface area (Å²) in [6, 6.07) is 6.20. The third-order valence-electron chi connectivity index (χ3n) is 4.98. The molecule has 1 heterocycles. The van der Waals surface area contributed by atoms with Gasteiger partial charge in [-0.2, -0.15) is 0 Å². The largest absolute Gasteiger partial charge is 0.392 e. The van der Waals surface area contributed by atoms with Gasteiger partial charge in [0, 0.05) is 19.0 Å². The summed E-state index contributed by atoms with van der Waals surface area (Å²) in [4.78, 5) is 2.29. The molecule has 4 heteroatoms. The number of rotatable bonds is 4. The average molecular weight is 315 g/mol. The van der Waals surface area contributed by atoms with Crippen molar-refractivity contribution >= 4 is 0 Å². The lowest BCUT2D eigenvalue weighted by molar-refractivity contribution is 0.0505. The van der Waals surface area contributed by atoms with Gasteiger partial charge in [-0.05, 0) is 35.6 Å². The number of nitrogens with zero attached hydrogens (tertiary/aromatic N) is 1. The van der Waals surface area contributed by atoms with Crippen LogP contribution in [0, 0.1) is 6.92 Å². The minimum atomic E-state index is -0.416. The third-order valence-corrected chi connectivity index (χ3v) is 4.98. The Morgan fingerprint density at radius 1 is 1.30 bits per heavy atom. The van der Waals surface area contributed by atoms with Crippen LogP contribution >= 0.6 is 0 Å². The second-order valence-electron chi connectivity index (χ2n) is 6.44. The fourth-order valence-electron chi connectivity index (χ4n) is 3.92. The average Bonchev–Trinajstić information content (AvgIpc) is 2.90. The summed E-state index contributed by atoms with van der Waals surface area (Å²) in [6.45, 7) is 2.96. The molecule has 2 aliphatic rings. The molecule has 0 spiro atoms. The van der Waals surface area contributed by atoms with Crippen LogP contribution in [0.15, 0.2) is 42.0 Å². The van der Waals surface area contributed by atoms with Crippen molar-refractivity contribution in [2.75, 3.05) is 19.8 Å². The van der Waals surface area contributed by atoms with Crippen LogP contribution in [0.5, 0.6) is 0 Å². The summed E-state index contributed by atoms with van der Waals surface area (Å²) in [7, 11) is 0. The molecule has 124 valence electrons. The Labute approximate surface area is 137 Å².